The zero-order valence-electron chi connectivity index (χ0n) is 18.3. The van der Waals surface area contributed by atoms with Gasteiger partial charge in [-0.2, -0.15) is 0 Å². The lowest BCUT2D eigenvalue weighted by Gasteiger charge is -2.37. The van der Waals surface area contributed by atoms with Crippen molar-refractivity contribution in [1.29, 1.82) is 0 Å². The Morgan fingerprint density at radius 1 is 0.970 bits per heavy atom. The quantitative estimate of drug-likeness (QED) is 0.372. The Balaban J connectivity index is 1.51. The van der Waals surface area contributed by atoms with Gasteiger partial charge in [0, 0.05) is 11.6 Å². The molecule has 0 radical (unpaired) electrons. The molecule has 1 aliphatic heterocycles. The molecule has 33 heavy (non-hydrogen) atoms. The first-order valence-electron chi connectivity index (χ1n) is 10.9. The third-order valence-corrected chi connectivity index (χ3v) is 8.75. The van der Waals surface area contributed by atoms with Crippen molar-refractivity contribution < 1.29 is 8.42 Å². The lowest BCUT2D eigenvalue weighted by molar-refractivity contribution is 0.425. The van der Waals surface area contributed by atoms with Crippen LogP contribution in [0.5, 0.6) is 0 Å². The van der Waals surface area contributed by atoms with Gasteiger partial charge in [-0.05, 0) is 78.8 Å². The average molecular weight is 499 g/mol. The topological polar surface area (TPSA) is 58.2 Å². The van der Waals surface area contributed by atoms with Crippen molar-refractivity contribution in [2.75, 3.05) is 10.0 Å². The van der Waals surface area contributed by atoms with Gasteiger partial charge >= 0.3 is 0 Å². The molecular weight excluding hydrogens is 475 g/mol. The summed E-state index contributed by atoms with van der Waals surface area (Å²) >= 11 is 12.4. The molecule has 0 saturated heterocycles. The lowest BCUT2D eigenvalue weighted by Crippen LogP contribution is -2.29. The highest BCUT2D eigenvalue weighted by molar-refractivity contribution is 7.92. The molecule has 1 heterocycles. The van der Waals surface area contributed by atoms with E-state index in [1.54, 1.807) is 12.1 Å². The van der Waals surface area contributed by atoms with Gasteiger partial charge in [0.15, 0.2) is 0 Å². The van der Waals surface area contributed by atoms with Crippen molar-refractivity contribution >= 4 is 44.6 Å². The zero-order chi connectivity index (χ0) is 23.3. The Hall–Kier alpha value is -2.47. The minimum absolute atomic E-state index is 0.0578. The number of fused-ring (bicyclic) bond motifs is 3. The first-order chi connectivity index (χ1) is 15.7. The molecule has 3 atom stereocenters. The van der Waals surface area contributed by atoms with Crippen LogP contribution in [0.25, 0.3) is 0 Å². The van der Waals surface area contributed by atoms with E-state index in [-0.39, 0.29) is 22.8 Å². The van der Waals surface area contributed by atoms with E-state index in [0.717, 1.165) is 34.4 Å². The van der Waals surface area contributed by atoms with Crippen molar-refractivity contribution in [2.45, 2.75) is 37.1 Å². The summed E-state index contributed by atoms with van der Waals surface area (Å²) in [6.45, 7) is 3.80. The van der Waals surface area contributed by atoms with Crippen LogP contribution in [0.3, 0.4) is 0 Å². The first kappa shape index (κ1) is 22.3. The summed E-state index contributed by atoms with van der Waals surface area (Å²) in [6, 6.07) is 16.8. The monoisotopic (exact) mass is 498 g/mol. The maximum atomic E-state index is 13.3. The van der Waals surface area contributed by atoms with Crippen LogP contribution in [0.2, 0.25) is 10.0 Å². The van der Waals surface area contributed by atoms with E-state index in [0.29, 0.717) is 15.7 Å². The summed E-state index contributed by atoms with van der Waals surface area (Å²) in [5.41, 5.74) is 5.41. The minimum atomic E-state index is -3.73. The van der Waals surface area contributed by atoms with E-state index in [1.165, 1.54) is 0 Å². The molecule has 4 nitrogen and oxygen atoms in total. The van der Waals surface area contributed by atoms with Crippen LogP contribution in [0.4, 0.5) is 11.4 Å². The van der Waals surface area contributed by atoms with E-state index >= 15 is 0 Å². The van der Waals surface area contributed by atoms with Crippen LogP contribution in [0.15, 0.2) is 71.6 Å². The molecule has 5 rings (SSSR count). The highest BCUT2D eigenvalue weighted by Crippen LogP contribution is 2.50. The first-order valence-corrected chi connectivity index (χ1v) is 13.1. The van der Waals surface area contributed by atoms with E-state index in [4.69, 9.17) is 23.2 Å². The molecule has 170 valence electrons. The van der Waals surface area contributed by atoms with E-state index in [9.17, 15) is 8.42 Å². The number of nitrogens with one attached hydrogen (secondary N) is 2. The second-order valence-electron chi connectivity index (χ2n) is 8.77. The maximum absolute atomic E-state index is 13.3. The molecule has 0 unspecified atom stereocenters. The summed E-state index contributed by atoms with van der Waals surface area (Å²) in [4.78, 5) is 0.262. The average Bonchev–Trinajstić information content (AvgIpc) is 3.28. The normalized spacial score (nSPS) is 21.3. The van der Waals surface area contributed by atoms with Crippen LogP contribution in [0.1, 0.15) is 40.6 Å². The van der Waals surface area contributed by atoms with Crippen molar-refractivity contribution in [2.24, 2.45) is 5.92 Å². The Kier molecular flexibility index (Phi) is 5.68. The molecule has 0 bridgehead atoms. The molecule has 0 aromatic heterocycles. The third kappa shape index (κ3) is 4.03. The molecule has 3 aromatic rings. The zero-order valence-corrected chi connectivity index (χ0v) is 20.6. The van der Waals surface area contributed by atoms with E-state index < -0.39 is 10.0 Å². The molecule has 0 fully saturated rings. The van der Waals surface area contributed by atoms with Crippen molar-refractivity contribution in [3.63, 3.8) is 0 Å². The van der Waals surface area contributed by atoms with Gasteiger partial charge in [-0.15, -0.1) is 0 Å². The number of para-hydroxylation sites is 1. The summed E-state index contributed by atoms with van der Waals surface area (Å²) < 4.78 is 29.3. The molecule has 7 heteroatoms. The van der Waals surface area contributed by atoms with Crippen molar-refractivity contribution in [3.05, 3.63) is 99.0 Å². The summed E-state index contributed by atoms with van der Waals surface area (Å²) in [7, 11) is -3.73. The van der Waals surface area contributed by atoms with Gasteiger partial charge in [0.1, 0.15) is 0 Å². The fourth-order valence-electron chi connectivity index (χ4n) is 4.94. The number of halogens is 2. The highest BCUT2D eigenvalue weighted by atomic mass is 35.5. The largest absolute Gasteiger partial charge is 0.378 e. The molecule has 3 aromatic carbocycles. The highest BCUT2D eigenvalue weighted by Gasteiger charge is 2.38. The Morgan fingerprint density at radius 3 is 2.45 bits per heavy atom. The Labute approximate surface area is 204 Å². The number of hydrogen-bond donors (Lipinski definition) is 2. The molecule has 1 aliphatic carbocycles. The lowest BCUT2D eigenvalue weighted by atomic mass is 9.77. The van der Waals surface area contributed by atoms with Gasteiger partial charge in [0.05, 0.1) is 26.7 Å². The van der Waals surface area contributed by atoms with Gasteiger partial charge in [-0.25, -0.2) is 8.42 Å². The molecule has 0 amide bonds. The number of allylic oxidation sites excluding steroid dienone is 2. The fraction of sp³-hybridized carbons (Fsp3) is 0.231. The van der Waals surface area contributed by atoms with Crippen molar-refractivity contribution in [1.82, 2.24) is 0 Å². The Bertz CT molecular complexity index is 1360. The van der Waals surface area contributed by atoms with Gasteiger partial charge in [-0.3, -0.25) is 4.72 Å². The SMILES string of the molecule is Cc1cccc(C)c1NS(=O)(=O)c1ccc2c(c1)[C@H]1C=CC[C@H]1[C@@H](c1ccc(Cl)c(Cl)c1)N2. The number of benzene rings is 3. The second-order valence-corrected chi connectivity index (χ2v) is 11.3. The van der Waals surface area contributed by atoms with Crippen molar-refractivity contribution in [3.8, 4) is 0 Å². The fourth-order valence-corrected chi connectivity index (χ4v) is 6.49. The number of aryl methyl sites for hydroxylation is 2. The predicted octanol–water partition coefficient (Wildman–Crippen LogP) is 7.24. The number of hydrogen-bond acceptors (Lipinski definition) is 3. The third-order valence-electron chi connectivity index (χ3n) is 6.66. The van der Waals surface area contributed by atoms with E-state index in [2.05, 4.69) is 22.2 Å². The van der Waals surface area contributed by atoms with Crippen LogP contribution >= 0.6 is 23.2 Å². The van der Waals surface area contributed by atoms with E-state index in [1.807, 2.05) is 56.3 Å². The predicted molar refractivity (Wildman–Crippen MR) is 136 cm³/mol. The van der Waals surface area contributed by atoms with Crippen LogP contribution < -0.4 is 10.0 Å². The summed E-state index contributed by atoms with van der Waals surface area (Å²) in [5.74, 6) is 0.385. The molecule has 0 saturated carbocycles. The van der Waals surface area contributed by atoms with Gasteiger partial charge in [0.2, 0.25) is 0 Å². The molecule has 2 N–H and O–H groups in total. The van der Waals surface area contributed by atoms with Gasteiger partial charge in [0.25, 0.3) is 10.0 Å². The van der Waals surface area contributed by atoms with Gasteiger partial charge < -0.3 is 5.32 Å². The second kappa shape index (κ2) is 8.39. The van der Waals surface area contributed by atoms with Crippen LogP contribution in [-0.2, 0) is 10.0 Å². The number of rotatable bonds is 4. The summed E-state index contributed by atoms with van der Waals surface area (Å²) in [5, 5.41) is 4.68. The smallest absolute Gasteiger partial charge is 0.261 e. The molecule has 0 spiro atoms. The minimum Gasteiger partial charge on any atom is -0.378 e. The number of sulfonamides is 1. The maximum Gasteiger partial charge on any atom is 0.261 e. The Morgan fingerprint density at radius 2 is 1.73 bits per heavy atom. The van der Waals surface area contributed by atoms with Crippen LogP contribution in [-0.4, -0.2) is 8.42 Å². The van der Waals surface area contributed by atoms with Crippen LogP contribution in [0, 0.1) is 19.8 Å². The molecular formula is C26H24Cl2N2O2S. The molecule has 2 aliphatic rings. The van der Waals surface area contributed by atoms with Gasteiger partial charge in [-0.1, -0.05) is 59.6 Å². The summed E-state index contributed by atoms with van der Waals surface area (Å²) in [6.07, 6.45) is 5.26. The standard InChI is InChI=1S/C26H24Cl2N2O2S/c1-15-5-3-6-16(2)25(15)30-33(31,32)18-10-12-24-21(14-18)19-7-4-8-20(19)26(29-24)17-9-11-22(27)23(28)13-17/h3-7,9-14,19-20,26,29-30H,8H2,1-2H3/t19-,20+,26+/m0/s1. The number of anilines is 2.